The summed E-state index contributed by atoms with van der Waals surface area (Å²) in [6, 6.07) is 11.5. The predicted octanol–water partition coefficient (Wildman–Crippen LogP) is 4.64. The zero-order chi connectivity index (χ0) is 10.8. The first kappa shape index (κ1) is 10.9. The second kappa shape index (κ2) is 4.47. The topological polar surface area (TPSA) is 17.1 Å². The molecular formula is C11H7ClOS2. The largest absolute Gasteiger partial charge is 0.274 e. The molecule has 0 bridgehead atoms. The number of hydrogen-bond acceptors (Lipinski definition) is 2. The quantitative estimate of drug-likeness (QED) is 0.590. The van der Waals surface area contributed by atoms with Crippen LogP contribution < -0.4 is 0 Å². The predicted molar refractivity (Wildman–Crippen MR) is 69.2 cm³/mol. The molecule has 0 spiro atoms. The highest BCUT2D eigenvalue weighted by Crippen LogP contribution is 2.35. The molecule has 0 saturated heterocycles. The summed E-state index contributed by atoms with van der Waals surface area (Å²) in [5, 5.41) is 2.64. The fraction of sp³-hybridized carbons (Fsp3) is 0. The molecule has 0 N–H and O–H groups in total. The van der Waals surface area contributed by atoms with Crippen LogP contribution in [0.5, 0.6) is 0 Å². The summed E-state index contributed by atoms with van der Waals surface area (Å²) in [7, 11) is 0. The maximum Gasteiger partial charge on any atom is 0.247 e. The number of carbonyl (C=O) groups excluding carboxylic acids is 1. The van der Waals surface area contributed by atoms with Crippen molar-refractivity contribution < 1.29 is 4.79 Å². The minimum Gasteiger partial charge on any atom is -0.274 e. The Kier molecular flexibility index (Phi) is 3.24. The summed E-state index contributed by atoms with van der Waals surface area (Å²) >= 11 is 10.8. The van der Waals surface area contributed by atoms with E-state index < -0.39 is 0 Å². The zero-order valence-corrected chi connectivity index (χ0v) is 10.1. The van der Waals surface area contributed by atoms with Crippen LogP contribution in [0.25, 0.3) is 10.8 Å². The van der Waals surface area contributed by atoms with Crippen molar-refractivity contribution in [2.75, 3.05) is 0 Å². The lowest BCUT2D eigenvalue weighted by Gasteiger charge is -2.05. The van der Waals surface area contributed by atoms with Crippen LogP contribution >= 0.6 is 36.0 Å². The van der Waals surface area contributed by atoms with E-state index >= 15 is 0 Å². The van der Waals surface area contributed by atoms with Gasteiger partial charge < -0.3 is 0 Å². The lowest BCUT2D eigenvalue weighted by Crippen LogP contribution is -1.81. The van der Waals surface area contributed by atoms with Crippen molar-refractivity contribution >= 4 is 51.2 Å². The summed E-state index contributed by atoms with van der Waals surface area (Å²) in [5.74, 6) is 0. The van der Waals surface area contributed by atoms with Gasteiger partial charge in [0.2, 0.25) is 4.45 Å². The van der Waals surface area contributed by atoms with Gasteiger partial charge in [0.15, 0.2) is 0 Å². The van der Waals surface area contributed by atoms with Gasteiger partial charge in [0.05, 0.1) is 5.02 Å². The molecule has 0 radical (unpaired) electrons. The molecule has 2 aromatic rings. The van der Waals surface area contributed by atoms with Crippen molar-refractivity contribution in [1.29, 1.82) is 0 Å². The molecule has 0 saturated carbocycles. The fourth-order valence-electron chi connectivity index (χ4n) is 1.41. The molecule has 0 fully saturated rings. The van der Waals surface area contributed by atoms with Crippen molar-refractivity contribution in [2.45, 2.75) is 4.90 Å². The molecule has 0 unspecified atom stereocenters. The molecule has 76 valence electrons. The lowest BCUT2D eigenvalue weighted by atomic mass is 10.1. The van der Waals surface area contributed by atoms with Crippen LogP contribution in [0.15, 0.2) is 41.3 Å². The summed E-state index contributed by atoms with van der Waals surface area (Å²) in [5.41, 5.74) is 0. The minimum atomic E-state index is -0.256. The van der Waals surface area contributed by atoms with E-state index in [0.29, 0.717) is 5.02 Å². The molecule has 0 aromatic heterocycles. The SMILES string of the molecule is O=C(S)Sc1c(Cl)ccc2ccccc12. The highest BCUT2D eigenvalue weighted by Gasteiger charge is 2.09. The van der Waals surface area contributed by atoms with Crippen molar-refractivity contribution in [3.63, 3.8) is 0 Å². The Morgan fingerprint density at radius 2 is 1.93 bits per heavy atom. The Morgan fingerprint density at radius 1 is 1.20 bits per heavy atom. The Labute approximate surface area is 102 Å². The summed E-state index contributed by atoms with van der Waals surface area (Å²) in [6.45, 7) is 0. The summed E-state index contributed by atoms with van der Waals surface area (Å²) in [4.78, 5) is 11.8. The van der Waals surface area contributed by atoms with Crippen LogP contribution in [0.3, 0.4) is 0 Å². The fourth-order valence-corrected chi connectivity index (χ4v) is 2.60. The third-order valence-electron chi connectivity index (χ3n) is 2.02. The first-order valence-corrected chi connectivity index (χ1v) is 5.90. The second-order valence-electron chi connectivity index (χ2n) is 2.97. The number of thiol groups is 1. The monoisotopic (exact) mass is 254 g/mol. The van der Waals surface area contributed by atoms with Crippen LogP contribution in [0, 0.1) is 0 Å². The van der Waals surface area contributed by atoms with E-state index in [9.17, 15) is 4.79 Å². The van der Waals surface area contributed by atoms with Crippen molar-refractivity contribution in [1.82, 2.24) is 0 Å². The van der Waals surface area contributed by atoms with Crippen LogP contribution in [0.4, 0.5) is 4.79 Å². The summed E-state index contributed by atoms with van der Waals surface area (Å²) < 4.78 is -0.256. The normalized spacial score (nSPS) is 10.5. The van der Waals surface area contributed by atoms with Crippen molar-refractivity contribution in [3.05, 3.63) is 41.4 Å². The Morgan fingerprint density at radius 3 is 2.67 bits per heavy atom. The first-order valence-electron chi connectivity index (χ1n) is 4.26. The average Bonchev–Trinajstić information content (AvgIpc) is 2.22. The molecule has 4 heteroatoms. The molecule has 0 aliphatic rings. The third-order valence-corrected chi connectivity index (χ3v) is 3.54. The molecule has 15 heavy (non-hydrogen) atoms. The van der Waals surface area contributed by atoms with Crippen LogP contribution in [0.2, 0.25) is 5.02 Å². The number of halogens is 1. The van der Waals surface area contributed by atoms with Crippen molar-refractivity contribution in [2.24, 2.45) is 0 Å². The van der Waals surface area contributed by atoms with Gasteiger partial charge in [-0.2, -0.15) is 0 Å². The van der Waals surface area contributed by atoms with E-state index in [0.717, 1.165) is 27.4 Å². The average molecular weight is 255 g/mol. The molecule has 0 amide bonds. The van der Waals surface area contributed by atoms with Gasteiger partial charge in [-0.3, -0.25) is 4.79 Å². The Bertz CT molecular complexity index is 525. The molecule has 1 nitrogen and oxygen atoms in total. The van der Waals surface area contributed by atoms with Gasteiger partial charge in [0, 0.05) is 4.90 Å². The van der Waals surface area contributed by atoms with Gasteiger partial charge in [-0.05, 0) is 28.6 Å². The van der Waals surface area contributed by atoms with Gasteiger partial charge in [0.1, 0.15) is 0 Å². The molecule has 0 aliphatic carbocycles. The van der Waals surface area contributed by atoms with Gasteiger partial charge in [0.25, 0.3) is 0 Å². The molecule has 0 aliphatic heterocycles. The van der Waals surface area contributed by atoms with E-state index in [2.05, 4.69) is 12.6 Å². The van der Waals surface area contributed by atoms with Crippen LogP contribution in [-0.2, 0) is 0 Å². The highest BCUT2D eigenvalue weighted by molar-refractivity contribution is 8.32. The van der Waals surface area contributed by atoms with Crippen LogP contribution in [-0.4, -0.2) is 4.45 Å². The minimum absolute atomic E-state index is 0.256. The number of rotatable bonds is 1. The number of carbonyl (C=O) groups is 1. The number of benzene rings is 2. The molecule has 0 atom stereocenters. The maximum atomic E-state index is 11.0. The zero-order valence-electron chi connectivity index (χ0n) is 7.61. The molecular weight excluding hydrogens is 248 g/mol. The number of thioether (sulfide) groups is 1. The molecule has 2 aromatic carbocycles. The second-order valence-corrected chi connectivity index (χ2v) is 5.06. The smallest absolute Gasteiger partial charge is 0.247 e. The van der Waals surface area contributed by atoms with E-state index in [-0.39, 0.29) is 4.45 Å². The summed E-state index contributed by atoms with van der Waals surface area (Å²) in [6.07, 6.45) is 0. The van der Waals surface area contributed by atoms with Crippen molar-refractivity contribution in [3.8, 4) is 0 Å². The first-order chi connectivity index (χ1) is 7.18. The van der Waals surface area contributed by atoms with Gasteiger partial charge >= 0.3 is 0 Å². The number of fused-ring (bicyclic) bond motifs is 1. The standard InChI is InChI=1S/C11H7ClOS2/c12-9-6-5-7-3-1-2-4-8(7)10(9)15-11(13)14/h1-6H,(H,13,14). The van der Waals surface area contributed by atoms with Crippen LogP contribution in [0.1, 0.15) is 0 Å². The lowest BCUT2D eigenvalue weighted by molar-refractivity contribution is 0.277. The van der Waals surface area contributed by atoms with E-state index in [4.69, 9.17) is 11.6 Å². The Hall–Kier alpha value is -0.640. The van der Waals surface area contributed by atoms with Gasteiger partial charge in [-0.1, -0.05) is 54.6 Å². The van der Waals surface area contributed by atoms with Gasteiger partial charge in [-0.25, -0.2) is 0 Å². The van der Waals surface area contributed by atoms with E-state index in [1.165, 1.54) is 0 Å². The molecule has 2 rings (SSSR count). The number of hydrogen-bond donors (Lipinski definition) is 1. The van der Waals surface area contributed by atoms with E-state index in [1.807, 2.05) is 30.3 Å². The maximum absolute atomic E-state index is 11.0. The van der Waals surface area contributed by atoms with Gasteiger partial charge in [-0.15, -0.1) is 0 Å². The molecule has 0 heterocycles. The Balaban J connectivity index is 2.68. The van der Waals surface area contributed by atoms with E-state index in [1.54, 1.807) is 6.07 Å². The third kappa shape index (κ3) is 2.30. The highest BCUT2D eigenvalue weighted by atomic mass is 35.5.